The molecule has 0 saturated carbocycles. The number of nitrogens with zero attached hydrogens (tertiary/aromatic N) is 1. The van der Waals surface area contributed by atoms with Crippen LogP contribution in [0.3, 0.4) is 0 Å². The second kappa shape index (κ2) is 7.52. The number of aliphatic hydroxyl groups is 2. The standard InChI is InChI=1S/C20H26N2O5S/c1-3-20(25,4-2)9-5-6-14-7-8-15-12-18(23)17(11-16(15)10-14)22-13-19(24)21-28(22,26)27/h7-8,10-13,21,23-25H,3-6,9H2,1-2H3. The van der Waals surface area contributed by atoms with Crippen molar-refractivity contribution in [1.82, 2.24) is 4.72 Å². The van der Waals surface area contributed by atoms with E-state index in [0.29, 0.717) is 0 Å². The average Bonchev–Trinajstić information content (AvgIpc) is 2.93. The number of aliphatic hydroxyl groups excluding tert-OH is 1. The van der Waals surface area contributed by atoms with E-state index in [1.165, 1.54) is 6.07 Å². The van der Waals surface area contributed by atoms with Crippen LogP contribution in [0.1, 0.15) is 45.1 Å². The molecule has 3 rings (SSSR count). The van der Waals surface area contributed by atoms with Gasteiger partial charge in [0, 0.05) is 0 Å². The lowest BCUT2D eigenvalue weighted by Crippen LogP contribution is -2.29. The van der Waals surface area contributed by atoms with E-state index in [4.69, 9.17) is 0 Å². The highest BCUT2D eigenvalue weighted by molar-refractivity contribution is 7.91. The fourth-order valence-corrected chi connectivity index (χ4v) is 4.53. The fraction of sp³-hybridized carbons (Fsp3) is 0.400. The molecular formula is C20H26N2O5S. The zero-order valence-corrected chi connectivity index (χ0v) is 16.8. The van der Waals surface area contributed by atoms with Crippen molar-refractivity contribution in [2.24, 2.45) is 0 Å². The van der Waals surface area contributed by atoms with Gasteiger partial charge in [0.2, 0.25) is 5.88 Å². The molecule has 0 aliphatic carbocycles. The second-order valence-corrected chi connectivity index (χ2v) is 8.77. The first-order chi connectivity index (χ1) is 13.2. The Morgan fingerprint density at radius 1 is 1.07 bits per heavy atom. The van der Waals surface area contributed by atoms with E-state index in [0.717, 1.165) is 58.9 Å². The summed E-state index contributed by atoms with van der Waals surface area (Å²) in [6, 6.07) is 8.88. The third-order valence-corrected chi connectivity index (χ3v) is 6.68. The molecule has 1 aliphatic heterocycles. The highest BCUT2D eigenvalue weighted by Gasteiger charge is 2.30. The van der Waals surface area contributed by atoms with Gasteiger partial charge in [-0.2, -0.15) is 8.42 Å². The Morgan fingerprint density at radius 3 is 2.39 bits per heavy atom. The van der Waals surface area contributed by atoms with Crippen LogP contribution in [0.5, 0.6) is 5.75 Å². The van der Waals surface area contributed by atoms with Gasteiger partial charge < -0.3 is 15.3 Å². The number of benzene rings is 2. The van der Waals surface area contributed by atoms with Gasteiger partial charge in [-0.1, -0.05) is 32.0 Å². The van der Waals surface area contributed by atoms with E-state index < -0.39 is 21.7 Å². The molecule has 28 heavy (non-hydrogen) atoms. The van der Waals surface area contributed by atoms with E-state index in [-0.39, 0.29) is 11.4 Å². The number of fused-ring (bicyclic) bond motifs is 1. The lowest BCUT2D eigenvalue weighted by molar-refractivity contribution is 0.0218. The van der Waals surface area contributed by atoms with Crippen molar-refractivity contribution in [3.8, 4) is 5.75 Å². The molecule has 0 saturated heterocycles. The van der Waals surface area contributed by atoms with Crippen molar-refractivity contribution in [2.75, 3.05) is 4.31 Å². The van der Waals surface area contributed by atoms with E-state index in [1.807, 2.05) is 36.8 Å². The smallest absolute Gasteiger partial charge is 0.330 e. The summed E-state index contributed by atoms with van der Waals surface area (Å²) in [5, 5.41) is 31.7. The van der Waals surface area contributed by atoms with Crippen LogP contribution in [-0.2, 0) is 16.6 Å². The first-order valence-electron chi connectivity index (χ1n) is 9.38. The molecule has 0 atom stereocenters. The minimum Gasteiger partial charge on any atom is -0.506 e. The van der Waals surface area contributed by atoms with Crippen LogP contribution in [0.25, 0.3) is 10.8 Å². The molecule has 1 aliphatic rings. The molecule has 0 spiro atoms. The first-order valence-corrected chi connectivity index (χ1v) is 10.8. The van der Waals surface area contributed by atoms with Crippen molar-refractivity contribution in [2.45, 2.75) is 51.6 Å². The van der Waals surface area contributed by atoms with Crippen LogP contribution in [0, 0.1) is 0 Å². The molecule has 152 valence electrons. The van der Waals surface area contributed by atoms with Gasteiger partial charge in [0.25, 0.3) is 0 Å². The van der Waals surface area contributed by atoms with Crippen LogP contribution in [0.4, 0.5) is 5.69 Å². The van der Waals surface area contributed by atoms with Crippen LogP contribution < -0.4 is 9.03 Å². The zero-order valence-electron chi connectivity index (χ0n) is 16.0. The summed E-state index contributed by atoms with van der Waals surface area (Å²) >= 11 is 0. The van der Waals surface area contributed by atoms with E-state index in [1.54, 1.807) is 6.07 Å². The molecule has 0 fully saturated rings. The van der Waals surface area contributed by atoms with Crippen molar-refractivity contribution < 1.29 is 23.7 Å². The molecule has 0 unspecified atom stereocenters. The van der Waals surface area contributed by atoms with Crippen molar-refractivity contribution in [1.29, 1.82) is 0 Å². The number of rotatable bonds is 7. The fourth-order valence-electron chi connectivity index (χ4n) is 3.47. The Labute approximate surface area is 165 Å². The second-order valence-electron chi connectivity index (χ2n) is 7.22. The van der Waals surface area contributed by atoms with Gasteiger partial charge in [-0.15, -0.1) is 0 Å². The molecule has 0 amide bonds. The van der Waals surface area contributed by atoms with Crippen molar-refractivity contribution in [3.05, 3.63) is 48.0 Å². The number of hydrogen-bond acceptors (Lipinski definition) is 5. The maximum atomic E-state index is 12.1. The van der Waals surface area contributed by atoms with Gasteiger partial charge in [-0.3, -0.25) is 0 Å². The van der Waals surface area contributed by atoms with Crippen LogP contribution in [0.2, 0.25) is 0 Å². The Kier molecular flexibility index (Phi) is 5.45. The molecule has 2 aromatic rings. The minimum atomic E-state index is -3.97. The maximum Gasteiger partial charge on any atom is 0.330 e. The number of anilines is 1. The van der Waals surface area contributed by atoms with Crippen LogP contribution in [0.15, 0.2) is 42.4 Å². The molecule has 8 heteroatoms. The Balaban J connectivity index is 1.87. The van der Waals surface area contributed by atoms with E-state index in [2.05, 4.69) is 0 Å². The molecular weight excluding hydrogens is 380 g/mol. The third-order valence-electron chi connectivity index (χ3n) is 5.39. The van der Waals surface area contributed by atoms with Gasteiger partial charge in [0.15, 0.2) is 0 Å². The summed E-state index contributed by atoms with van der Waals surface area (Å²) in [6.07, 6.45) is 4.82. The summed E-state index contributed by atoms with van der Waals surface area (Å²) in [5.41, 5.74) is 0.508. The average molecular weight is 407 g/mol. The molecule has 7 nitrogen and oxygen atoms in total. The number of nitrogens with one attached hydrogen (secondary N) is 1. The molecule has 0 aromatic heterocycles. The zero-order chi connectivity index (χ0) is 20.5. The Hall–Kier alpha value is -2.45. The summed E-state index contributed by atoms with van der Waals surface area (Å²) in [6.45, 7) is 3.97. The summed E-state index contributed by atoms with van der Waals surface area (Å²) < 4.78 is 26.9. The van der Waals surface area contributed by atoms with E-state index in [9.17, 15) is 23.7 Å². The largest absolute Gasteiger partial charge is 0.506 e. The predicted molar refractivity (Wildman–Crippen MR) is 109 cm³/mol. The van der Waals surface area contributed by atoms with Crippen molar-refractivity contribution >= 4 is 26.7 Å². The van der Waals surface area contributed by atoms with Crippen molar-refractivity contribution in [3.63, 3.8) is 0 Å². The summed E-state index contributed by atoms with van der Waals surface area (Å²) in [4.78, 5) is 0. The topological polar surface area (TPSA) is 110 Å². The normalized spacial score (nSPS) is 16.2. The van der Waals surface area contributed by atoms with Gasteiger partial charge in [-0.25, -0.2) is 9.03 Å². The Bertz CT molecular complexity index is 1010. The predicted octanol–water partition coefficient (Wildman–Crippen LogP) is 3.43. The van der Waals surface area contributed by atoms with Crippen LogP contribution >= 0.6 is 0 Å². The number of aryl methyl sites for hydroxylation is 1. The van der Waals surface area contributed by atoms with Gasteiger partial charge in [0.1, 0.15) is 11.4 Å². The lowest BCUT2D eigenvalue weighted by atomic mass is 9.90. The van der Waals surface area contributed by atoms with E-state index >= 15 is 0 Å². The highest BCUT2D eigenvalue weighted by Crippen LogP contribution is 2.36. The highest BCUT2D eigenvalue weighted by atomic mass is 32.2. The molecule has 0 bridgehead atoms. The monoisotopic (exact) mass is 406 g/mol. The lowest BCUT2D eigenvalue weighted by Gasteiger charge is -2.25. The van der Waals surface area contributed by atoms with Gasteiger partial charge >= 0.3 is 10.2 Å². The van der Waals surface area contributed by atoms with Crippen LogP contribution in [-0.4, -0.2) is 29.3 Å². The summed E-state index contributed by atoms with van der Waals surface area (Å²) in [7, 11) is -3.97. The molecule has 1 heterocycles. The summed E-state index contributed by atoms with van der Waals surface area (Å²) in [5.74, 6) is -0.708. The molecule has 2 aromatic carbocycles. The Morgan fingerprint density at radius 2 is 1.79 bits per heavy atom. The first kappa shape index (κ1) is 20.3. The number of hydrogen-bond donors (Lipinski definition) is 4. The SMILES string of the molecule is CCC(O)(CC)CCCc1ccc2cc(O)c(N3C=C(O)NS3(=O)=O)cc2c1. The number of phenols is 1. The van der Waals surface area contributed by atoms with Gasteiger partial charge in [0.05, 0.1) is 11.8 Å². The minimum absolute atomic E-state index is 0.0625. The third kappa shape index (κ3) is 4.02. The molecule has 4 N–H and O–H groups in total. The molecule has 0 radical (unpaired) electrons. The number of phenolic OH excluding ortho intramolecular Hbond substituents is 1. The number of aromatic hydroxyl groups is 1. The quantitative estimate of drug-likeness (QED) is 0.563. The maximum absolute atomic E-state index is 12.1. The van der Waals surface area contributed by atoms with Gasteiger partial charge in [-0.05, 0) is 60.6 Å².